The van der Waals surface area contributed by atoms with Crippen molar-refractivity contribution in [1.29, 1.82) is 0 Å². The molecule has 5 nitrogen and oxygen atoms in total. The van der Waals surface area contributed by atoms with Crippen LogP contribution in [-0.4, -0.2) is 34.0 Å². The zero-order chi connectivity index (χ0) is 13.1. The predicted molar refractivity (Wildman–Crippen MR) is 72.9 cm³/mol. The summed E-state index contributed by atoms with van der Waals surface area (Å²) in [7, 11) is 2.05. The molecule has 1 aliphatic heterocycles. The molecule has 2 aliphatic rings. The predicted octanol–water partition coefficient (Wildman–Crippen LogP) is 1.66. The number of nitrogens with zero attached hydrogens (tertiary/aromatic N) is 3. The fraction of sp³-hybridized carbons (Fsp3) is 0.857. The Bertz CT molecular complexity index is 410. The molecule has 5 heteroatoms. The Morgan fingerprint density at radius 3 is 2.84 bits per heavy atom. The zero-order valence-corrected chi connectivity index (χ0v) is 11.8. The molecule has 1 fully saturated rings. The number of hydrogen-bond acceptors (Lipinski definition) is 4. The van der Waals surface area contributed by atoms with Crippen molar-refractivity contribution in [2.45, 2.75) is 70.2 Å². The van der Waals surface area contributed by atoms with Gasteiger partial charge in [0.15, 0.2) is 5.82 Å². The van der Waals surface area contributed by atoms with E-state index >= 15 is 0 Å². The molecule has 0 spiro atoms. The van der Waals surface area contributed by atoms with Crippen LogP contribution < -0.4 is 5.32 Å². The van der Waals surface area contributed by atoms with Crippen LogP contribution in [0.25, 0.3) is 0 Å². The van der Waals surface area contributed by atoms with Crippen molar-refractivity contribution in [3.05, 3.63) is 11.6 Å². The highest BCUT2D eigenvalue weighted by Crippen LogP contribution is 2.22. The van der Waals surface area contributed by atoms with Gasteiger partial charge in [-0.15, -0.1) is 10.2 Å². The molecule has 0 aromatic carbocycles. The first-order chi connectivity index (χ1) is 9.36. The Hall–Kier alpha value is -0.940. The molecule has 1 aromatic rings. The molecule has 1 aromatic heterocycles. The van der Waals surface area contributed by atoms with E-state index in [4.69, 9.17) is 4.74 Å². The van der Waals surface area contributed by atoms with Gasteiger partial charge in [-0.2, -0.15) is 0 Å². The largest absolute Gasteiger partial charge is 0.370 e. The fourth-order valence-corrected chi connectivity index (χ4v) is 3.19. The molecule has 0 radical (unpaired) electrons. The van der Waals surface area contributed by atoms with Gasteiger partial charge in [0, 0.05) is 19.0 Å². The molecule has 0 saturated heterocycles. The molecule has 1 saturated carbocycles. The van der Waals surface area contributed by atoms with Gasteiger partial charge in [-0.05, 0) is 45.6 Å². The first-order valence-corrected chi connectivity index (χ1v) is 7.56. The van der Waals surface area contributed by atoms with E-state index < -0.39 is 0 Å². The molecule has 0 unspecified atom stereocenters. The van der Waals surface area contributed by atoms with Gasteiger partial charge in [-0.1, -0.05) is 0 Å². The van der Waals surface area contributed by atoms with E-state index in [1.807, 2.05) is 7.05 Å². The quantitative estimate of drug-likeness (QED) is 0.898. The molecule has 1 aliphatic carbocycles. The van der Waals surface area contributed by atoms with Crippen LogP contribution in [0.15, 0.2) is 0 Å². The van der Waals surface area contributed by atoms with E-state index in [1.54, 1.807) is 0 Å². The number of nitrogens with one attached hydrogen (secondary N) is 1. The van der Waals surface area contributed by atoms with Crippen molar-refractivity contribution in [3.8, 4) is 0 Å². The molecule has 0 atom stereocenters. The maximum absolute atomic E-state index is 6.04. The topological polar surface area (TPSA) is 52.0 Å². The summed E-state index contributed by atoms with van der Waals surface area (Å²) in [4.78, 5) is 0. The Balaban J connectivity index is 1.51. The second-order valence-corrected chi connectivity index (χ2v) is 5.71. The van der Waals surface area contributed by atoms with Crippen molar-refractivity contribution >= 4 is 0 Å². The van der Waals surface area contributed by atoms with Crippen LogP contribution in [0.4, 0.5) is 0 Å². The number of fused-ring (bicyclic) bond motifs is 1. The van der Waals surface area contributed by atoms with Crippen LogP contribution >= 0.6 is 0 Å². The van der Waals surface area contributed by atoms with Crippen LogP contribution in [0.3, 0.4) is 0 Å². The average Bonchev–Trinajstić information content (AvgIpc) is 2.89. The van der Waals surface area contributed by atoms with E-state index in [-0.39, 0.29) is 0 Å². The highest BCUT2D eigenvalue weighted by atomic mass is 16.5. The van der Waals surface area contributed by atoms with Crippen LogP contribution in [-0.2, 0) is 24.3 Å². The Morgan fingerprint density at radius 1 is 1.21 bits per heavy atom. The molecular formula is C14H24N4O. The Labute approximate surface area is 114 Å². The lowest BCUT2D eigenvalue weighted by atomic mass is 9.93. The van der Waals surface area contributed by atoms with E-state index in [0.717, 1.165) is 37.5 Å². The maximum atomic E-state index is 6.04. The monoisotopic (exact) mass is 264 g/mol. The van der Waals surface area contributed by atoms with Gasteiger partial charge in [-0.25, -0.2) is 0 Å². The van der Waals surface area contributed by atoms with E-state index in [1.165, 1.54) is 25.7 Å². The number of aryl methyl sites for hydroxylation is 1. The standard InChI is InChI=1S/C14H24N4O/c1-15-11-5-7-12(8-6-11)19-10-14-17-16-13-4-2-3-9-18(13)14/h11-12,15H,2-10H2,1H3. The summed E-state index contributed by atoms with van der Waals surface area (Å²) < 4.78 is 8.29. The van der Waals surface area contributed by atoms with Gasteiger partial charge in [0.2, 0.25) is 0 Å². The molecule has 3 rings (SSSR count). The summed E-state index contributed by atoms with van der Waals surface area (Å²) in [5.41, 5.74) is 0. The molecule has 0 bridgehead atoms. The lowest BCUT2D eigenvalue weighted by molar-refractivity contribution is 0.00709. The van der Waals surface area contributed by atoms with Gasteiger partial charge in [-0.3, -0.25) is 0 Å². The fourth-order valence-electron chi connectivity index (χ4n) is 3.19. The van der Waals surface area contributed by atoms with Crippen molar-refractivity contribution < 1.29 is 4.74 Å². The van der Waals surface area contributed by atoms with E-state index in [0.29, 0.717) is 18.8 Å². The van der Waals surface area contributed by atoms with Gasteiger partial charge < -0.3 is 14.6 Å². The highest BCUT2D eigenvalue weighted by molar-refractivity contribution is 4.97. The lowest BCUT2D eigenvalue weighted by Gasteiger charge is -2.28. The van der Waals surface area contributed by atoms with Crippen molar-refractivity contribution in [3.63, 3.8) is 0 Å². The summed E-state index contributed by atoms with van der Waals surface area (Å²) in [6.45, 7) is 1.69. The van der Waals surface area contributed by atoms with Gasteiger partial charge in [0.1, 0.15) is 12.4 Å². The number of hydrogen-bond donors (Lipinski definition) is 1. The molecule has 2 heterocycles. The second kappa shape index (κ2) is 6.01. The first kappa shape index (κ1) is 13.1. The summed E-state index contributed by atoms with van der Waals surface area (Å²) >= 11 is 0. The first-order valence-electron chi connectivity index (χ1n) is 7.56. The summed E-state index contributed by atoms with van der Waals surface area (Å²) in [5, 5.41) is 11.9. The van der Waals surface area contributed by atoms with Crippen molar-refractivity contribution in [1.82, 2.24) is 20.1 Å². The van der Waals surface area contributed by atoms with Crippen LogP contribution in [0.1, 0.15) is 50.2 Å². The molecular weight excluding hydrogens is 240 g/mol. The average molecular weight is 264 g/mol. The highest BCUT2D eigenvalue weighted by Gasteiger charge is 2.22. The third-order valence-electron chi connectivity index (χ3n) is 4.47. The Kier molecular flexibility index (Phi) is 4.13. The minimum Gasteiger partial charge on any atom is -0.370 e. The van der Waals surface area contributed by atoms with Gasteiger partial charge >= 0.3 is 0 Å². The van der Waals surface area contributed by atoms with Gasteiger partial charge in [0.25, 0.3) is 0 Å². The van der Waals surface area contributed by atoms with Gasteiger partial charge in [0.05, 0.1) is 6.10 Å². The third kappa shape index (κ3) is 2.98. The molecule has 0 amide bonds. The SMILES string of the molecule is CNC1CCC(OCc2nnc3n2CCCC3)CC1. The zero-order valence-electron chi connectivity index (χ0n) is 11.8. The molecule has 106 valence electrons. The number of rotatable bonds is 4. The van der Waals surface area contributed by atoms with Crippen LogP contribution in [0.5, 0.6) is 0 Å². The lowest BCUT2D eigenvalue weighted by Crippen LogP contribution is -2.33. The maximum Gasteiger partial charge on any atom is 0.159 e. The Morgan fingerprint density at radius 2 is 2.05 bits per heavy atom. The third-order valence-corrected chi connectivity index (χ3v) is 4.47. The van der Waals surface area contributed by atoms with Crippen molar-refractivity contribution in [2.24, 2.45) is 0 Å². The number of ether oxygens (including phenoxy) is 1. The summed E-state index contributed by atoms with van der Waals surface area (Å²) in [5.74, 6) is 2.16. The smallest absolute Gasteiger partial charge is 0.159 e. The van der Waals surface area contributed by atoms with Crippen molar-refractivity contribution in [2.75, 3.05) is 7.05 Å². The van der Waals surface area contributed by atoms with E-state index in [9.17, 15) is 0 Å². The van der Waals surface area contributed by atoms with E-state index in [2.05, 4.69) is 20.1 Å². The number of aromatic nitrogens is 3. The summed E-state index contributed by atoms with van der Waals surface area (Å²) in [6, 6.07) is 0.681. The normalized spacial score (nSPS) is 27.2. The second-order valence-electron chi connectivity index (χ2n) is 5.71. The molecule has 1 N–H and O–H groups in total. The minimum absolute atomic E-state index is 0.404. The minimum atomic E-state index is 0.404. The summed E-state index contributed by atoms with van der Waals surface area (Å²) in [6.07, 6.45) is 8.72. The van der Waals surface area contributed by atoms with Crippen LogP contribution in [0, 0.1) is 0 Å². The van der Waals surface area contributed by atoms with Crippen LogP contribution in [0.2, 0.25) is 0 Å². The molecule has 19 heavy (non-hydrogen) atoms.